The number of likely N-dealkylation sites (tertiary alicyclic amines) is 1. The zero-order chi connectivity index (χ0) is 32.1. The fourth-order valence-corrected chi connectivity index (χ4v) is 6.19. The summed E-state index contributed by atoms with van der Waals surface area (Å²) in [7, 11) is 1.63. The molecule has 250 valence electrons. The number of amides is 3. The summed E-state index contributed by atoms with van der Waals surface area (Å²) in [4.78, 5) is 43.6. The van der Waals surface area contributed by atoms with Crippen molar-refractivity contribution in [2.75, 3.05) is 53.1 Å². The summed E-state index contributed by atoms with van der Waals surface area (Å²) in [5, 5.41) is 3.50. The Hall–Kier alpha value is -3.51. The van der Waals surface area contributed by atoms with E-state index in [4.69, 9.17) is 15.2 Å². The highest BCUT2D eigenvalue weighted by molar-refractivity contribution is 6.15. The van der Waals surface area contributed by atoms with Crippen LogP contribution in [-0.2, 0) is 27.4 Å². The standard InChI is InChI=1S/C34H44FN5O5.ClH/c1-22(2)31(36)32(41)37-20-23-7-8-28(35)26(19-23)24-9-11-38(12-10-24)34(43)27-21-40(13-16-44-3)29-6-4-5-25(30(27)29)33(42)39-14-17-45-18-15-39;/h4-8,19,21-22,24,31H,9-18,20,36H2,1-3H3,(H,37,41);1H. The molecule has 3 N–H and O–H groups in total. The number of carbonyl (C=O) groups excluding carboxylic acids is 3. The molecule has 2 aliphatic heterocycles. The summed E-state index contributed by atoms with van der Waals surface area (Å²) >= 11 is 0. The van der Waals surface area contributed by atoms with Crippen LogP contribution in [0.3, 0.4) is 0 Å². The minimum absolute atomic E-state index is 0. The average Bonchev–Trinajstić information content (AvgIpc) is 3.45. The third-order valence-corrected chi connectivity index (χ3v) is 8.97. The van der Waals surface area contributed by atoms with Crippen molar-refractivity contribution in [2.24, 2.45) is 11.7 Å². The van der Waals surface area contributed by atoms with Crippen LogP contribution in [0.25, 0.3) is 10.9 Å². The van der Waals surface area contributed by atoms with E-state index in [1.807, 2.05) is 42.8 Å². The maximum absolute atomic E-state index is 15.0. The van der Waals surface area contributed by atoms with Gasteiger partial charge in [0.2, 0.25) is 5.91 Å². The van der Waals surface area contributed by atoms with Crippen molar-refractivity contribution in [3.8, 4) is 0 Å². The first-order valence-corrected chi connectivity index (χ1v) is 15.8. The molecule has 2 aromatic carbocycles. The normalized spacial score (nSPS) is 16.4. The predicted molar refractivity (Wildman–Crippen MR) is 177 cm³/mol. The second kappa shape index (κ2) is 15.9. The Morgan fingerprint density at radius 1 is 1.02 bits per heavy atom. The molecular formula is C34H45ClFN5O5. The van der Waals surface area contributed by atoms with Crippen LogP contribution in [0.1, 0.15) is 64.4 Å². The van der Waals surface area contributed by atoms with Gasteiger partial charge in [-0.3, -0.25) is 14.4 Å². The topological polar surface area (TPSA) is 119 Å². The Labute approximate surface area is 275 Å². The van der Waals surface area contributed by atoms with Gasteiger partial charge in [-0.1, -0.05) is 32.0 Å². The molecule has 2 saturated heterocycles. The molecule has 3 aromatic rings. The van der Waals surface area contributed by atoms with E-state index in [0.717, 1.165) is 11.1 Å². The number of nitrogens with two attached hydrogens (primary N) is 1. The quantitative estimate of drug-likeness (QED) is 0.341. The number of hydrogen-bond acceptors (Lipinski definition) is 6. The van der Waals surface area contributed by atoms with Crippen LogP contribution < -0.4 is 11.1 Å². The van der Waals surface area contributed by atoms with Gasteiger partial charge in [0.25, 0.3) is 11.8 Å². The molecule has 5 rings (SSSR count). The van der Waals surface area contributed by atoms with Gasteiger partial charge in [-0.05, 0) is 54.0 Å². The van der Waals surface area contributed by atoms with Crippen molar-refractivity contribution < 1.29 is 28.2 Å². The smallest absolute Gasteiger partial charge is 0.256 e. The largest absolute Gasteiger partial charge is 0.383 e. The van der Waals surface area contributed by atoms with Crippen molar-refractivity contribution in [3.63, 3.8) is 0 Å². The van der Waals surface area contributed by atoms with Crippen molar-refractivity contribution in [1.29, 1.82) is 0 Å². The van der Waals surface area contributed by atoms with Gasteiger partial charge in [0.1, 0.15) is 5.82 Å². The maximum atomic E-state index is 15.0. The number of fused-ring (bicyclic) bond motifs is 1. The van der Waals surface area contributed by atoms with Crippen molar-refractivity contribution in [3.05, 3.63) is 70.7 Å². The number of halogens is 2. The van der Waals surface area contributed by atoms with Crippen molar-refractivity contribution in [2.45, 2.75) is 51.7 Å². The lowest BCUT2D eigenvalue weighted by Gasteiger charge is -2.32. The van der Waals surface area contributed by atoms with Crippen LogP contribution in [0.15, 0.2) is 42.6 Å². The number of rotatable bonds is 10. The molecule has 1 aromatic heterocycles. The summed E-state index contributed by atoms with van der Waals surface area (Å²) in [5.41, 5.74) is 9.15. The molecule has 2 fully saturated rings. The molecule has 1 atom stereocenters. The third kappa shape index (κ3) is 7.71. The molecule has 0 saturated carbocycles. The second-order valence-electron chi connectivity index (χ2n) is 12.2. The van der Waals surface area contributed by atoms with Crippen molar-refractivity contribution in [1.82, 2.24) is 19.7 Å². The van der Waals surface area contributed by atoms with Gasteiger partial charge in [0, 0.05) is 69.0 Å². The van der Waals surface area contributed by atoms with E-state index in [2.05, 4.69) is 5.32 Å². The first kappa shape index (κ1) is 35.3. The highest BCUT2D eigenvalue weighted by Gasteiger charge is 2.30. The lowest BCUT2D eigenvalue weighted by atomic mass is 9.88. The van der Waals surface area contributed by atoms with Gasteiger partial charge in [-0.25, -0.2) is 4.39 Å². The van der Waals surface area contributed by atoms with E-state index in [0.29, 0.717) is 87.5 Å². The molecule has 3 amide bonds. The second-order valence-corrected chi connectivity index (χ2v) is 12.2. The van der Waals surface area contributed by atoms with E-state index in [9.17, 15) is 14.4 Å². The van der Waals surface area contributed by atoms with Gasteiger partial charge in [-0.15, -0.1) is 12.4 Å². The molecule has 0 aliphatic carbocycles. The van der Waals surface area contributed by atoms with Crippen LogP contribution in [0.5, 0.6) is 0 Å². The minimum atomic E-state index is -0.602. The molecule has 2 aliphatic rings. The molecule has 10 nitrogen and oxygen atoms in total. The lowest BCUT2D eigenvalue weighted by molar-refractivity contribution is -0.123. The van der Waals surface area contributed by atoms with Gasteiger partial charge < -0.3 is 34.9 Å². The predicted octanol–water partition coefficient (Wildman–Crippen LogP) is 3.94. The first-order valence-electron chi connectivity index (χ1n) is 15.8. The molecule has 0 bridgehead atoms. The highest BCUT2D eigenvalue weighted by Crippen LogP contribution is 2.33. The number of benzene rings is 2. The number of piperidine rings is 1. The molecule has 12 heteroatoms. The number of morpholine rings is 1. The summed E-state index contributed by atoms with van der Waals surface area (Å²) in [6, 6.07) is 9.90. The molecule has 1 unspecified atom stereocenters. The zero-order valence-corrected chi connectivity index (χ0v) is 27.6. The number of nitrogens with zero attached hydrogens (tertiary/aromatic N) is 3. The highest BCUT2D eigenvalue weighted by atomic mass is 35.5. The fourth-order valence-electron chi connectivity index (χ4n) is 6.19. The third-order valence-electron chi connectivity index (χ3n) is 8.97. The number of nitrogens with one attached hydrogen (secondary N) is 1. The summed E-state index contributed by atoms with van der Waals surface area (Å²) in [6.45, 7) is 7.95. The number of hydrogen-bond donors (Lipinski definition) is 2. The Balaban J connectivity index is 0.00000480. The van der Waals surface area contributed by atoms with E-state index >= 15 is 4.39 Å². The molecule has 0 spiro atoms. The SMILES string of the molecule is COCCn1cc(C(=O)N2CCC(c3cc(CNC(=O)C(N)C(C)C)ccc3F)CC2)c2c(C(=O)N3CCOCC3)cccc21.Cl. The minimum Gasteiger partial charge on any atom is -0.383 e. The summed E-state index contributed by atoms with van der Waals surface area (Å²) in [6.07, 6.45) is 3.02. The monoisotopic (exact) mass is 657 g/mol. The zero-order valence-electron chi connectivity index (χ0n) is 26.8. The number of methoxy groups -OCH3 is 1. The lowest BCUT2D eigenvalue weighted by Crippen LogP contribution is -2.43. The van der Waals surface area contributed by atoms with Crippen molar-refractivity contribution >= 4 is 41.0 Å². The van der Waals surface area contributed by atoms with Gasteiger partial charge in [0.15, 0.2) is 0 Å². The average molecular weight is 658 g/mol. The molecule has 0 radical (unpaired) electrons. The van der Waals surface area contributed by atoms with Crippen LogP contribution in [0.4, 0.5) is 4.39 Å². The number of aromatic nitrogens is 1. The van der Waals surface area contributed by atoms with Gasteiger partial charge in [-0.2, -0.15) is 0 Å². The molecule has 3 heterocycles. The van der Waals surface area contributed by atoms with Crippen LogP contribution in [0, 0.1) is 11.7 Å². The van der Waals surface area contributed by atoms with E-state index in [1.54, 1.807) is 29.0 Å². The Bertz CT molecular complexity index is 1530. The van der Waals surface area contributed by atoms with E-state index < -0.39 is 6.04 Å². The Morgan fingerprint density at radius 2 is 1.70 bits per heavy atom. The summed E-state index contributed by atoms with van der Waals surface area (Å²) in [5.74, 6) is -0.832. The molecule has 46 heavy (non-hydrogen) atoms. The van der Waals surface area contributed by atoms with Gasteiger partial charge in [0.05, 0.1) is 31.4 Å². The Kier molecular flexibility index (Phi) is 12.2. The molecular weight excluding hydrogens is 613 g/mol. The Morgan fingerprint density at radius 3 is 2.37 bits per heavy atom. The summed E-state index contributed by atoms with van der Waals surface area (Å²) < 4.78 is 27.7. The van der Waals surface area contributed by atoms with E-state index in [1.165, 1.54) is 6.07 Å². The number of ether oxygens (including phenoxy) is 2. The van der Waals surface area contributed by atoms with E-state index in [-0.39, 0.29) is 54.3 Å². The maximum Gasteiger partial charge on any atom is 0.256 e. The van der Waals surface area contributed by atoms with Crippen LogP contribution >= 0.6 is 12.4 Å². The fraction of sp³-hybridized carbons (Fsp3) is 0.500. The van der Waals surface area contributed by atoms with Crippen LogP contribution in [-0.4, -0.2) is 91.2 Å². The first-order chi connectivity index (χ1) is 21.7. The van der Waals surface area contributed by atoms with Crippen LogP contribution in [0.2, 0.25) is 0 Å². The van der Waals surface area contributed by atoms with Gasteiger partial charge >= 0.3 is 0 Å². The number of carbonyl (C=O) groups is 3.